The van der Waals surface area contributed by atoms with E-state index in [4.69, 9.17) is 0 Å². The fourth-order valence-electron chi connectivity index (χ4n) is 2.18. The van der Waals surface area contributed by atoms with Crippen LogP contribution in [0.25, 0.3) is 0 Å². The molecule has 0 aliphatic heterocycles. The summed E-state index contributed by atoms with van der Waals surface area (Å²) in [7, 11) is 0. The molecular weight excluding hydrogens is 296 g/mol. The smallest absolute Gasteiger partial charge is 0.227 e. The third kappa shape index (κ3) is 4.18. The molecule has 0 atom stereocenters. The number of nitrogens with one attached hydrogen (secondary N) is 2. The third-order valence-electron chi connectivity index (χ3n) is 3.58. The second kappa shape index (κ2) is 6.75. The van der Waals surface area contributed by atoms with Gasteiger partial charge >= 0.3 is 0 Å². The van der Waals surface area contributed by atoms with Crippen LogP contribution in [0.3, 0.4) is 0 Å². The number of hydrogen-bond acceptors (Lipinski definition) is 3. The first-order valence-corrected chi connectivity index (χ1v) is 8.37. The largest absolute Gasteiger partial charge is 0.326 e. The lowest BCUT2D eigenvalue weighted by Gasteiger charge is -2.08. The normalized spacial score (nSPS) is 13.6. The first kappa shape index (κ1) is 14.8. The van der Waals surface area contributed by atoms with Gasteiger partial charge in [0.1, 0.15) is 0 Å². The summed E-state index contributed by atoms with van der Waals surface area (Å²) in [5.41, 5.74) is 2.63. The Morgan fingerprint density at radius 1 is 1.14 bits per heavy atom. The molecule has 0 spiro atoms. The van der Waals surface area contributed by atoms with Crippen LogP contribution >= 0.6 is 11.3 Å². The number of amides is 2. The minimum Gasteiger partial charge on any atom is -0.326 e. The fraction of sp³-hybridized carbons (Fsp3) is 0.294. The Balaban J connectivity index is 1.52. The van der Waals surface area contributed by atoms with E-state index in [0.29, 0.717) is 12.1 Å². The van der Waals surface area contributed by atoms with Crippen molar-refractivity contribution >= 4 is 34.5 Å². The molecule has 4 nitrogen and oxygen atoms in total. The van der Waals surface area contributed by atoms with Crippen molar-refractivity contribution in [3.8, 4) is 0 Å². The highest BCUT2D eigenvalue weighted by molar-refractivity contribution is 7.07. The van der Waals surface area contributed by atoms with Gasteiger partial charge in [-0.15, -0.1) is 0 Å². The Labute approximate surface area is 133 Å². The topological polar surface area (TPSA) is 58.2 Å². The first-order valence-electron chi connectivity index (χ1n) is 7.42. The van der Waals surface area contributed by atoms with Crippen LogP contribution in [0.4, 0.5) is 11.4 Å². The Bertz CT molecular complexity index is 663. The lowest BCUT2D eigenvalue weighted by Crippen LogP contribution is -2.15. The fourth-order valence-corrected chi connectivity index (χ4v) is 2.88. The zero-order chi connectivity index (χ0) is 15.4. The molecule has 0 radical (unpaired) electrons. The Morgan fingerprint density at radius 3 is 2.59 bits per heavy atom. The number of hydrogen-bond donors (Lipinski definition) is 2. The van der Waals surface area contributed by atoms with Crippen LogP contribution in [-0.2, 0) is 16.0 Å². The van der Waals surface area contributed by atoms with Crippen LogP contribution in [0.15, 0.2) is 41.1 Å². The van der Waals surface area contributed by atoms with Crippen molar-refractivity contribution < 1.29 is 9.59 Å². The second-order valence-corrected chi connectivity index (χ2v) is 6.30. The number of rotatable bonds is 6. The molecule has 1 aromatic heterocycles. The molecule has 1 aliphatic rings. The van der Waals surface area contributed by atoms with Crippen molar-refractivity contribution in [3.05, 3.63) is 46.7 Å². The van der Waals surface area contributed by atoms with E-state index in [1.165, 1.54) is 5.56 Å². The summed E-state index contributed by atoms with van der Waals surface area (Å²) < 4.78 is 0. The van der Waals surface area contributed by atoms with Gasteiger partial charge in [0.15, 0.2) is 0 Å². The van der Waals surface area contributed by atoms with E-state index in [-0.39, 0.29) is 17.7 Å². The van der Waals surface area contributed by atoms with E-state index in [9.17, 15) is 9.59 Å². The summed E-state index contributed by atoms with van der Waals surface area (Å²) in [4.78, 5) is 23.7. The van der Waals surface area contributed by atoms with Gasteiger partial charge in [0.05, 0.1) is 0 Å². The molecule has 2 N–H and O–H groups in total. The molecule has 22 heavy (non-hydrogen) atoms. The highest BCUT2D eigenvalue weighted by Gasteiger charge is 2.29. The van der Waals surface area contributed by atoms with Crippen molar-refractivity contribution in [2.75, 3.05) is 10.6 Å². The van der Waals surface area contributed by atoms with E-state index in [2.05, 4.69) is 16.0 Å². The van der Waals surface area contributed by atoms with Crippen LogP contribution in [0, 0.1) is 5.92 Å². The second-order valence-electron chi connectivity index (χ2n) is 5.52. The summed E-state index contributed by atoms with van der Waals surface area (Å²) in [5.74, 6) is 0.224. The highest BCUT2D eigenvalue weighted by atomic mass is 32.1. The van der Waals surface area contributed by atoms with Crippen LogP contribution in [-0.4, -0.2) is 11.8 Å². The molecule has 5 heteroatoms. The van der Waals surface area contributed by atoms with Gasteiger partial charge in [-0.05, 0) is 59.9 Å². The summed E-state index contributed by atoms with van der Waals surface area (Å²) in [6.07, 6.45) is 3.15. The minimum atomic E-state index is -0.0168. The maximum Gasteiger partial charge on any atom is 0.227 e. The number of benzene rings is 1. The molecule has 0 bridgehead atoms. The van der Waals surface area contributed by atoms with Gasteiger partial charge in [0.25, 0.3) is 0 Å². The average Bonchev–Trinajstić information content (AvgIpc) is 3.23. The van der Waals surface area contributed by atoms with Crippen molar-refractivity contribution in [2.45, 2.75) is 25.7 Å². The summed E-state index contributed by atoms with van der Waals surface area (Å²) in [5, 5.41) is 9.83. The minimum absolute atomic E-state index is 0.0168. The van der Waals surface area contributed by atoms with Crippen LogP contribution < -0.4 is 10.6 Å². The van der Waals surface area contributed by atoms with E-state index < -0.39 is 0 Å². The lowest BCUT2D eigenvalue weighted by molar-refractivity contribution is -0.117. The molecule has 0 unspecified atom stereocenters. The average molecular weight is 314 g/mol. The monoisotopic (exact) mass is 314 g/mol. The molecule has 1 aromatic carbocycles. The number of aryl methyl sites for hydroxylation is 1. The first-order chi connectivity index (χ1) is 10.7. The Hall–Kier alpha value is -2.14. The highest BCUT2D eigenvalue weighted by Crippen LogP contribution is 2.30. The molecule has 1 saturated carbocycles. The molecule has 1 aliphatic carbocycles. The molecule has 0 saturated heterocycles. The Kier molecular flexibility index (Phi) is 4.53. The van der Waals surface area contributed by atoms with Gasteiger partial charge < -0.3 is 10.6 Å². The third-order valence-corrected chi connectivity index (χ3v) is 4.31. The Morgan fingerprint density at radius 2 is 1.91 bits per heavy atom. The molecular formula is C17H18N2O2S. The van der Waals surface area contributed by atoms with E-state index in [1.807, 2.05) is 29.6 Å². The molecule has 1 fully saturated rings. The van der Waals surface area contributed by atoms with Crippen LogP contribution in [0.1, 0.15) is 24.8 Å². The van der Waals surface area contributed by atoms with Gasteiger partial charge in [-0.2, -0.15) is 11.3 Å². The van der Waals surface area contributed by atoms with Crippen molar-refractivity contribution in [2.24, 2.45) is 5.92 Å². The van der Waals surface area contributed by atoms with Gasteiger partial charge in [-0.1, -0.05) is 6.07 Å². The molecule has 2 aromatic rings. The van der Waals surface area contributed by atoms with Gasteiger partial charge in [0, 0.05) is 23.7 Å². The summed E-state index contributed by atoms with van der Waals surface area (Å²) in [6, 6.07) is 9.32. The van der Waals surface area contributed by atoms with Gasteiger partial charge in [0.2, 0.25) is 11.8 Å². The number of carbonyl (C=O) groups is 2. The zero-order valence-electron chi connectivity index (χ0n) is 12.2. The molecule has 2 amide bonds. The SMILES string of the molecule is O=C(CCc1ccsc1)Nc1cccc(NC(=O)C2CC2)c1. The summed E-state index contributed by atoms with van der Waals surface area (Å²) in [6.45, 7) is 0. The number of anilines is 2. The number of thiophene rings is 1. The lowest BCUT2D eigenvalue weighted by atomic mass is 10.2. The zero-order valence-corrected chi connectivity index (χ0v) is 13.0. The van der Waals surface area contributed by atoms with Gasteiger partial charge in [-0.3, -0.25) is 9.59 Å². The molecule has 1 heterocycles. The maximum absolute atomic E-state index is 12.0. The van der Waals surface area contributed by atoms with E-state index >= 15 is 0 Å². The molecule has 3 rings (SSSR count). The maximum atomic E-state index is 12.0. The van der Waals surface area contributed by atoms with Crippen molar-refractivity contribution in [1.82, 2.24) is 0 Å². The van der Waals surface area contributed by atoms with Crippen molar-refractivity contribution in [1.29, 1.82) is 0 Å². The van der Waals surface area contributed by atoms with Crippen molar-refractivity contribution in [3.63, 3.8) is 0 Å². The quantitative estimate of drug-likeness (QED) is 0.854. The van der Waals surface area contributed by atoms with Crippen LogP contribution in [0.2, 0.25) is 0 Å². The van der Waals surface area contributed by atoms with Gasteiger partial charge in [-0.25, -0.2) is 0 Å². The predicted molar refractivity (Wildman–Crippen MR) is 89.1 cm³/mol. The summed E-state index contributed by atoms with van der Waals surface area (Å²) >= 11 is 1.64. The molecule has 114 valence electrons. The number of carbonyl (C=O) groups excluding carboxylic acids is 2. The van der Waals surface area contributed by atoms with E-state index in [0.717, 1.165) is 24.9 Å². The standard InChI is InChI=1S/C17H18N2O2S/c20-16(7-4-12-8-9-22-11-12)18-14-2-1-3-15(10-14)19-17(21)13-5-6-13/h1-3,8-11,13H,4-7H2,(H,18,20)(H,19,21). The van der Waals surface area contributed by atoms with Crippen LogP contribution in [0.5, 0.6) is 0 Å². The predicted octanol–water partition coefficient (Wildman–Crippen LogP) is 3.67. The van der Waals surface area contributed by atoms with E-state index in [1.54, 1.807) is 17.4 Å².